The van der Waals surface area contributed by atoms with E-state index < -0.39 is 0 Å². The molecule has 0 saturated heterocycles. The average Bonchev–Trinajstić information content (AvgIpc) is 2.95. The molecule has 0 atom stereocenters. The Morgan fingerprint density at radius 1 is 1.25 bits per heavy atom. The van der Waals surface area contributed by atoms with E-state index in [-0.39, 0.29) is 6.61 Å². The van der Waals surface area contributed by atoms with Crippen molar-refractivity contribution in [1.82, 2.24) is 18.9 Å². The van der Waals surface area contributed by atoms with Crippen LogP contribution in [0.2, 0.25) is 0 Å². The lowest BCUT2D eigenvalue weighted by molar-refractivity contribution is 0.275. The number of rotatable bonds is 2. The normalized spacial score (nSPS) is 11.1. The number of aliphatic hydroxyl groups is 1. The maximum absolute atomic E-state index is 9.41. The molecule has 0 aliphatic heterocycles. The predicted octanol–water partition coefficient (Wildman–Crippen LogP) is 1.01. The topological polar surface area (TPSA) is 55.3 Å². The minimum atomic E-state index is -0.0569. The molecule has 16 heavy (non-hydrogen) atoms. The maximum atomic E-state index is 9.41. The molecule has 0 aliphatic carbocycles. The lowest BCUT2D eigenvalue weighted by Gasteiger charge is -2.00. The van der Waals surface area contributed by atoms with Gasteiger partial charge in [-0.15, -0.1) is 0 Å². The average molecular weight is 214 g/mol. The van der Waals surface area contributed by atoms with Gasteiger partial charge in [0.05, 0.1) is 12.3 Å². The van der Waals surface area contributed by atoms with Crippen LogP contribution in [0.25, 0.3) is 11.5 Å². The molecular formula is C11H10N4O. The van der Waals surface area contributed by atoms with Crippen LogP contribution in [0.5, 0.6) is 0 Å². The number of aliphatic hydroxyl groups excluding tert-OH is 1. The Balaban J connectivity index is 2.32. The van der Waals surface area contributed by atoms with Crippen molar-refractivity contribution in [1.29, 1.82) is 0 Å². The molecule has 0 fully saturated rings. The zero-order valence-electron chi connectivity index (χ0n) is 8.48. The summed E-state index contributed by atoms with van der Waals surface area (Å²) in [6.45, 7) is -0.0569. The molecule has 1 N–H and O–H groups in total. The van der Waals surface area contributed by atoms with Crippen molar-refractivity contribution < 1.29 is 5.11 Å². The second-order valence-electron chi connectivity index (χ2n) is 3.44. The van der Waals surface area contributed by atoms with Crippen LogP contribution in [0.3, 0.4) is 0 Å². The predicted molar refractivity (Wildman–Crippen MR) is 58.2 cm³/mol. The molecule has 0 aromatic carbocycles. The van der Waals surface area contributed by atoms with Crippen molar-refractivity contribution in [2.24, 2.45) is 0 Å². The Hall–Kier alpha value is -2.14. The van der Waals surface area contributed by atoms with Gasteiger partial charge in [0, 0.05) is 18.6 Å². The first kappa shape index (κ1) is 9.11. The van der Waals surface area contributed by atoms with Crippen LogP contribution in [0.1, 0.15) is 5.69 Å². The van der Waals surface area contributed by atoms with Crippen LogP contribution in [0, 0.1) is 0 Å². The maximum Gasteiger partial charge on any atom is 0.162 e. The zero-order chi connectivity index (χ0) is 11.0. The summed E-state index contributed by atoms with van der Waals surface area (Å²) in [6, 6.07) is 5.73. The molecule has 3 aromatic rings. The minimum absolute atomic E-state index is 0.0569. The number of hydrogen-bond donors (Lipinski definition) is 1. The van der Waals surface area contributed by atoms with E-state index >= 15 is 0 Å². The summed E-state index contributed by atoms with van der Waals surface area (Å²) in [5, 5.41) is 9.41. The monoisotopic (exact) mass is 214 g/mol. The van der Waals surface area contributed by atoms with Gasteiger partial charge in [0.25, 0.3) is 0 Å². The smallest absolute Gasteiger partial charge is 0.162 e. The molecule has 0 bridgehead atoms. The summed E-state index contributed by atoms with van der Waals surface area (Å²) < 4.78 is 3.66. The Morgan fingerprint density at radius 3 is 2.94 bits per heavy atom. The van der Waals surface area contributed by atoms with E-state index in [2.05, 4.69) is 9.97 Å². The van der Waals surface area contributed by atoms with E-state index in [4.69, 9.17) is 0 Å². The second kappa shape index (κ2) is 3.46. The Morgan fingerprint density at radius 2 is 2.19 bits per heavy atom. The van der Waals surface area contributed by atoms with Gasteiger partial charge in [-0.25, -0.2) is 9.97 Å². The molecule has 3 aromatic heterocycles. The first-order chi connectivity index (χ1) is 7.90. The fourth-order valence-corrected chi connectivity index (χ4v) is 1.77. The lowest BCUT2D eigenvalue weighted by Crippen LogP contribution is -1.98. The van der Waals surface area contributed by atoms with E-state index in [1.165, 1.54) is 0 Å². The summed E-state index contributed by atoms with van der Waals surface area (Å²) in [5.41, 5.74) is 1.57. The molecule has 0 aliphatic rings. The third-order valence-electron chi connectivity index (χ3n) is 2.51. The van der Waals surface area contributed by atoms with E-state index in [9.17, 15) is 5.11 Å². The minimum Gasteiger partial charge on any atom is -0.390 e. The van der Waals surface area contributed by atoms with Crippen LogP contribution < -0.4 is 0 Å². The highest BCUT2D eigenvalue weighted by Crippen LogP contribution is 2.16. The van der Waals surface area contributed by atoms with Crippen LogP contribution in [0.4, 0.5) is 0 Å². The van der Waals surface area contributed by atoms with Crippen molar-refractivity contribution in [2.75, 3.05) is 0 Å². The van der Waals surface area contributed by atoms with E-state index in [1.54, 1.807) is 23.3 Å². The molecule has 0 radical (unpaired) electrons. The molecular weight excluding hydrogens is 204 g/mol. The summed E-state index contributed by atoms with van der Waals surface area (Å²) in [4.78, 5) is 8.43. The quantitative estimate of drug-likeness (QED) is 0.692. The highest BCUT2D eigenvalue weighted by Gasteiger charge is 2.11. The molecule has 0 amide bonds. The highest BCUT2D eigenvalue weighted by atomic mass is 16.3. The van der Waals surface area contributed by atoms with Crippen molar-refractivity contribution in [3.05, 3.63) is 48.8 Å². The van der Waals surface area contributed by atoms with E-state index in [1.807, 2.05) is 28.8 Å². The van der Waals surface area contributed by atoms with Crippen molar-refractivity contribution in [3.8, 4) is 5.82 Å². The van der Waals surface area contributed by atoms with Crippen LogP contribution in [0.15, 0.2) is 43.1 Å². The fraction of sp³-hybridized carbons (Fsp3) is 0.0909. The SMILES string of the molecule is OCc1c(-n2ccnc2)nc2ccccn12. The van der Waals surface area contributed by atoms with Crippen molar-refractivity contribution in [2.45, 2.75) is 6.61 Å². The van der Waals surface area contributed by atoms with Gasteiger partial charge in [-0.1, -0.05) is 6.07 Å². The van der Waals surface area contributed by atoms with Gasteiger partial charge in [-0.2, -0.15) is 0 Å². The highest BCUT2D eigenvalue weighted by molar-refractivity contribution is 5.48. The van der Waals surface area contributed by atoms with Crippen molar-refractivity contribution >= 4 is 5.65 Å². The summed E-state index contributed by atoms with van der Waals surface area (Å²) in [6.07, 6.45) is 7.04. The zero-order valence-corrected chi connectivity index (χ0v) is 8.48. The van der Waals surface area contributed by atoms with Gasteiger partial charge in [-0.3, -0.25) is 8.97 Å². The number of pyridine rings is 1. The molecule has 5 nitrogen and oxygen atoms in total. The summed E-state index contributed by atoms with van der Waals surface area (Å²) in [7, 11) is 0. The number of imidazole rings is 2. The molecule has 80 valence electrons. The van der Waals surface area contributed by atoms with Gasteiger partial charge in [0.1, 0.15) is 12.0 Å². The largest absolute Gasteiger partial charge is 0.390 e. The second-order valence-corrected chi connectivity index (χ2v) is 3.44. The Bertz CT molecular complexity index is 612. The van der Waals surface area contributed by atoms with Crippen LogP contribution >= 0.6 is 0 Å². The standard InChI is InChI=1S/C11H10N4O/c16-7-9-11(14-6-4-12-8-14)13-10-3-1-2-5-15(9)10/h1-6,8,16H,7H2. The molecule has 0 unspecified atom stereocenters. The first-order valence-corrected chi connectivity index (χ1v) is 4.95. The van der Waals surface area contributed by atoms with Gasteiger partial charge < -0.3 is 5.11 Å². The number of aromatic nitrogens is 4. The number of hydrogen-bond acceptors (Lipinski definition) is 3. The summed E-state index contributed by atoms with van der Waals surface area (Å²) in [5.74, 6) is 0.714. The van der Waals surface area contributed by atoms with Gasteiger partial charge in [0.15, 0.2) is 5.82 Å². The van der Waals surface area contributed by atoms with E-state index in [0.717, 1.165) is 11.3 Å². The number of nitrogens with zero attached hydrogens (tertiary/aromatic N) is 4. The molecule has 5 heteroatoms. The van der Waals surface area contributed by atoms with E-state index in [0.29, 0.717) is 5.82 Å². The van der Waals surface area contributed by atoms with Crippen LogP contribution in [-0.4, -0.2) is 24.0 Å². The Kier molecular flexibility index (Phi) is 1.97. The molecule has 0 saturated carbocycles. The fourth-order valence-electron chi connectivity index (χ4n) is 1.77. The molecule has 0 spiro atoms. The third-order valence-corrected chi connectivity index (χ3v) is 2.51. The van der Waals surface area contributed by atoms with Gasteiger partial charge >= 0.3 is 0 Å². The Labute approximate surface area is 91.6 Å². The third kappa shape index (κ3) is 1.22. The summed E-state index contributed by atoms with van der Waals surface area (Å²) >= 11 is 0. The lowest BCUT2D eigenvalue weighted by atomic mass is 10.4. The van der Waals surface area contributed by atoms with Gasteiger partial charge in [0.2, 0.25) is 0 Å². The van der Waals surface area contributed by atoms with Gasteiger partial charge in [-0.05, 0) is 12.1 Å². The molecule has 3 heterocycles. The molecule has 3 rings (SSSR count). The van der Waals surface area contributed by atoms with Crippen LogP contribution in [-0.2, 0) is 6.61 Å². The number of fused-ring (bicyclic) bond motifs is 1. The van der Waals surface area contributed by atoms with Crippen molar-refractivity contribution in [3.63, 3.8) is 0 Å². The first-order valence-electron chi connectivity index (χ1n) is 4.95.